The van der Waals surface area contributed by atoms with Crippen LogP contribution in [-0.4, -0.2) is 48.7 Å². The van der Waals surface area contributed by atoms with Gasteiger partial charge in [-0.2, -0.15) is 0 Å². The van der Waals surface area contributed by atoms with Crippen LogP contribution in [0.15, 0.2) is 0 Å². The zero-order valence-electron chi connectivity index (χ0n) is 13.1. The first-order valence-electron chi connectivity index (χ1n) is 8.25. The fraction of sp³-hybridized carbons (Fsp3) is 1.00. The van der Waals surface area contributed by atoms with Crippen LogP contribution in [-0.2, 0) is 9.47 Å². The van der Waals surface area contributed by atoms with Crippen molar-refractivity contribution in [2.75, 3.05) is 19.8 Å². The Kier molecular flexibility index (Phi) is 6.27. The standard InChI is InChI=1S/C16H31NO3/c1-13(2)17-16(12-18)8-5-7-14(10-16)20-11-15-6-3-4-9-19-15/h13-15,17-18H,3-12H2,1-2H3. The number of aliphatic hydroxyl groups is 1. The summed E-state index contributed by atoms with van der Waals surface area (Å²) < 4.78 is 11.8. The molecule has 1 heterocycles. The van der Waals surface area contributed by atoms with E-state index in [1.165, 1.54) is 12.8 Å². The van der Waals surface area contributed by atoms with Gasteiger partial charge in [-0.1, -0.05) is 13.8 Å². The number of rotatable bonds is 6. The third-order valence-electron chi connectivity index (χ3n) is 4.49. The van der Waals surface area contributed by atoms with E-state index in [9.17, 15) is 5.11 Å². The van der Waals surface area contributed by atoms with Gasteiger partial charge in [-0.15, -0.1) is 0 Å². The molecule has 0 aromatic carbocycles. The van der Waals surface area contributed by atoms with Gasteiger partial charge in [-0.05, 0) is 44.9 Å². The largest absolute Gasteiger partial charge is 0.394 e. The van der Waals surface area contributed by atoms with Crippen molar-refractivity contribution in [1.82, 2.24) is 5.32 Å². The van der Waals surface area contributed by atoms with Gasteiger partial charge in [0.2, 0.25) is 0 Å². The second-order valence-electron chi connectivity index (χ2n) is 6.78. The van der Waals surface area contributed by atoms with E-state index in [4.69, 9.17) is 9.47 Å². The Bertz CT molecular complexity index is 279. The highest BCUT2D eigenvalue weighted by molar-refractivity contribution is 4.95. The number of ether oxygens (including phenoxy) is 2. The Hall–Kier alpha value is -0.160. The molecule has 0 radical (unpaired) electrons. The van der Waals surface area contributed by atoms with Crippen LogP contribution in [0, 0.1) is 0 Å². The fourth-order valence-electron chi connectivity index (χ4n) is 3.57. The van der Waals surface area contributed by atoms with E-state index in [0.29, 0.717) is 12.6 Å². The topological polar surface area (TPSA) is 50.7 Å². The fourth-order valence-corrected chi connectivity index (χ4v) is 3.57. The SMILES string of the molecule is CC(C)NC1(CO)CCCC(OCC2CCCCO2)C1. The minimum atomic E-state index is -0.148. The maximum Gasteiger partial charge on any atom is 0.0808 e. The highest BCUT2D eigenvalue weighted by atomic mass is 16.5. The first kappa shape index (κ1) is 16.2. The van der Waals surface area contributed by atoms with Crippen LogP contribution >= 0.6 is 0 Å². The van der Waals surface area contributed by atoms with Crippen LogP contribution in [0.25, 0.3) is 0 Å². The second-order valence-corrected chi connectivity index (χ2v) is 6.78. The molecule has 0 aromatic rings. The van der Waals surface area contributed by atoms with E-state index in [1.54, 1.807) is 0 Å². The van der Waals surface area contributed by atoms with E-state index in [0.717, 1.165) is 38.7 Å². The Morgan fingerprint density at radius 2 is 2.15 bits per heavy atom. The van der Waals surface area contributed by atoms with Gasteiger partial charge in [0.15, 0.2) is 0 Å². The normalized spacial score (nSPS) is 35.4. The molecule has 2 N–H and O–H groups in total. The molecular formula is C16H31NO3. The van der Waals surface area contributed by atoms with Crippen molar-refractivity contribution in [3.8, 4) is 0 Å². The highest BCUT2D eigenvalue weighted by Gasteiger charge is 2.36. The first-order valence-corrected chi connectivity index (χ1v) is 8.25. The number of aliphatic hydroxyl groups excluding tert-OH is 1. The molecule has 2 rings (SSSR count). The Labute approximate surface area is 123 Å². The maximum atomic E-state index is 9.78. The second kappa shape index (κ2) is 7.74. The van der Waals surface area contributed by atoms with E-state index in [1.807, 2.05) is 0 Å². The summed E-state index contributed by atoms with van der Waals surface area (Å²) in [7, 11) is 0. The zero-order chi connectivity index (χ0) is 14.4. The lowest BCUT2D eigenvalue weighted by Gasteiger charge is -2.42. The van der Waals surface area contributed by atoms with E-state index in [2.05, 4.69) is 19.2 Å². The first-order chi connectivity index (χ1) is 9.63. The van der Waals surface area contributed by atoms with E-state index < -0.39 is 0 Å². The summed E-state index contributed by atoms with van der Waals surface area (Å²) in [6, 6.07) is 0.391. The zero-order valence-corrected chi connectivity index (χ0v) is 13.1. The number of hydrogen-bond acceptors (Lipinski definition) is 4. The Balaban J connectivity index is 1.79. The van der Waals surface area contributed by atoms with Gasteiger partial charge in [0.25, 0.3) is 0 Å². The van der Waals surface area contributed by atoms with Crippen molar-refractivity contribution in [1.29, 1.82) is 0 Å². The summed E-state index contributed by atoms with van der Waals surface area (Å²) in [5.41, 5.74) is -0.148. The molecule has 2 aliphatic rings. The van der Waals surface area contributed by atoms with Gasteiger partial charge in [0.05, 0.1) is 25.4 Å². The molecule has 1 aliphatic carbocycles. The third kappa shape index (κ3) is 4.69. The minimum absolute atomic E-state index is 0.148. The smallest absolute Gasteiger partial charge is 0.0808 e. The lowest BCUT2D eigenvalue weighted by molar-refractivity contribution is -0.0825. The van der Waals surface area contributed by atoms with Crippen LogP contribution < -0.4 is 5.32 Å². The van der Waals surface area contributed by atoms with Crippen LogP contribution in [0.3, 0.4) is 0 Å². The molecule has 0 amide bonds. The monoisotopic (exact) mass is 285 g/mol. The molecule has 4 nitrogen and oxygen atoms in total. The molecule has 3 atom stereocenters. The Morgan fingerprint density at radius 3 is 2.80 bits per heavy atom. The molecule has 1 saturated heterocycles. The van der Waals surface area contributed by atoms with Crippen LogP contribution in [0.4, 0.5) is 0 Å². The minimum Gasteiger partial charge on any atom is -0.394 e. The third-order valence-corrected chi connectivity index (χ3v) is 4.49. The summed E-state index contributed by atoms with van der Waals surface area (Å²) in [4.78, 5) is 0. The van der Waals surface area contributed by atoms with Gasteiger partial charge in [-0.3, -0.25) is 0 Å². The summed E-state index contributed by atoms with van der Waals surface area (Å²) in [6.45, 7) is 6.07. The predicted molar refractivity (Wildman–Crippen MR) is 79.9 cm³/mol. The average molecular weight is 285 g/mol. The van der Waals surface area contributed by atoms with Gasteiger partial charge in [0.1, 0.15) is 0 Å². The molecule has 0 spiro atoms. The van der Waals surface area contributed by atoms with Crippen LogP contribution in [0.5, 0.6) is 0 Å². The van der Waals surface area contributed by atoms with Crippen LogP contribution in [0.2, 0.25) is 0 Å². The summed E-state index contributed by atoms with van der Waals surface area (Å²) in [5.74, 6) is 0. The molecule has 20 heavy (non-hydrogen) atoms. The summed E-state index contributed by atoms with van der Waals surface area (Å²) in [5, 5.41) is 13.3. The van der Waals surface area contributed by atoms with Crippen molar-refractivity contribution in [3.63, 3.8) is 0 Å². The summed E-state index contributed by atoms with van der Waals surface area (Å²) in [6.07, 6.45) is 8.29. The molecule has 118 valence electrons. The van der Waals surface area contributed by atoms with Crippen molar-refractivity contribution in [2.24, 2.45) is 0 Å². The van der Waals surface area contributed by atoms with Gasteiger partial charge in [-0.25, -0.2) is 0 Å². The molecule has 0 aromatic heterocycles. The molecule has 1 aliphatic heterocycles. The lowest BCUT2D eigenvalue weighted by atomic mass is 9.80. The molecule has 2 fully saturated rings. The van der Waals surface area contributed by atoms with Gasteiger partial charge in [0, 0.05) is 18.2 Å². The molecular weight excluding hydrogens is 254 g/mol. The number of hydrogen-bond donors (Lipinski definition) is 2. The maximum absolute atomic E-state index is 9.78. The van der Waals surface area contributed by atoms with Gasteiger partial charge >= 0.3 is 0 Å². The quantitative estimate of drug-likeness (QED) is 0.786. The van der Waals surface area contributed by atoms with Crippen molar-refractivity contribution in [3.05, 3.63) is 0 Å². The summed E-state index contributed by atoms with van der Waals surface area (Å²) >= 11 is 0. The molecule has 4 heteroatoms. The van der Waals surface area contributed by atoms with Crippen molar-refractivity contribution >= 4 is 0 Å². The molecule has 0 bridgehead atoms. The predicted octanol–water partition coefficient (Wildman–Crippen LogP) is 2.24. The van der Waals surface area contributed by atoms with E-state index >= 15 is 0 Å². The van der Waals surface area contributed by atoms with Crippen molar-refractivity contribution in [2.45, 2.75) is 82.6 Å². The average Bonchev–Trinajstić information content (AvgIpc) is 2.46. The Morgan fingerprint density at radius 1 is 1.30 bits per heavy atom. The number of nitrogens with one attached hydrogen (secondary N) is 1. The van der Waals surface area contributed by atoms with Crippen molar-refractivity contribution < 1.29 is 14.6 Å². The van der Waals surface area contributed by atoms with Gasteiger partial charge < -0.3 is 19.9 Å². The molecule has 3 unspecified atom stereocenters. The molecule has 1 saturated carbocycles. The van der Waals surface area contributed by atoms with E-state index in [-0.39, 0.29) is 24.4 Å². The lowest BCUT2D eigenvalue weighted by Crippen LogP contribution is -2.55. The van der Waals surface area contributed by atoms with Crippen LogP contribution in [0.1, 0.15) is 58.8 Å². The highest BCUT2D eigenvalue weighted by Crippen LogP contribution is 2.31.